The Morgan fingerprint density at radius 1 is 1.00 bits per heavy atom. The number of allylic oxidation sites excluding steroid dienone is 5. The van der Waals surface area contributed by atoms with Gasteiger partial charge in [0.15, 0.2) is 0 Å². The maximum absolute atomic E-state index is 6.22. The van der Waals surface area contributed by atoms with Gasteiger partial charge in [-0.1, -0.05) is 53.6 Å². The molecule has 0 bridgehead atoms. The summed E-state index contributed by atoms with van der Waals surface area (Å²) in [6, 6.07) is 13.5. The van der Waals surface area contributed by atoms with Crippen LogP contribution in [0, 0.1) is 0 Å². The number of pyridine rings is 1. The van der Waals surface area contributed by atoms with Crippen molar-refractivity contribution in [3.63, 3.8) is 0 Å². The highest BCUT2D eigenvalue weighted by atomic mass is 35.5. The number of aromatic nitrogens is 1. The van der Waals surface area contributed by atoms with Gasteiger partial charge < -0.3 is 4.74 Å². The molecule has 1 aliphatic carbocycles. The van der Waals surface area contributed by atoms with E-state index in [0.717, 1.165) is 40.6 Å². The summed E-state index contributed by atoms with van der Waals surface area (Å²) in [5, 5.41) is 3.40. The zero-order chi connectivity index (χ0) is 19.3. The van der Waals surface area contributed by atoms with Crippen LogP contribution in [0.1, 0.15) is 24.1 Å². The summed E-state index contributed by atoms with van der Waals surface area (Å²) in [6.07, 6.45) is 14.8. The molecule has 3 aromatic rings. The third-order valence-corrected chi connectivity index (χ3v) is 5.22. The first-order valence-corrected chi connectivity index (χ1v) is 9.95. The van der Waals surface area contributed by atoms with Gasteiger partial charge in [0.1, 0.15) is 12.4 Å². The Morgan fingerprint density at radius 3 is 2.75 bits per heavy atom. The number of hydrogen-bond donors (Lipinski definition) is 0. The van der Waals surface area contributed by atoms with E-state index in [1.54, 1.807) is 6.07 Å². The molecule has 0 radical (unpaired) electrons. The van der Waals surface area contributed by atoms with E-state index >= 15 is 0 Å². The highest BCUT2D eigenvalue weighted by Gasteiger charge is 2.05. The largest absolute Gasteiger partial charge is 0.489 e. The third kappa shape index (κ3) is 4.46. The van der Waals surface area contributed by atoms with Crippen LogP contribution in [0.15, 0.2) is 78.5 Å². The van der Waals surface area contributed by atoms with Crippen LogP contribution in [0.4, 0.5) is 0 Å². The van der Waals surface area contributed by atoms with Crippen LogP contribution in [0.2, 0.25) is 10.0 Å². The van der Waals surface area contributed by atoms with Crippen LogP contribution in [0.5, 0.6) is 5.75 Å². The van der Waals surface area contributed by atoms with Crippen molar-refractivity contribution in [3.8, 4) is 5.75 Å². The fraction of sp³-hybridized carbons (Fsp3) is 0.125. The monoisotopic (exact) mass is 407 g/mol. The molecular weight excluding hydrogens is 389 g/mol. The molecule has 2 aromatic carbocycles. The molecule has 1 aliphatic rings. The van der Waals surface area contributed by atoms with E-state index in [2.05, 4.69) is 35.4 Å². The Hall–Kier alpha value is -2.55. The minimum absolute atomic E-state index is 0.389. The van der Waals surface area contributed by atoms with Crippen LogP contribution < -0.4 is 4.74 Å². The zero-order valence-corrected chi connectivity index (χ0v) is 16.8. The molecule has 0 spiro atoms. The van der Waals surface area contributed by atoms with E-state index in [-0.39, 0.29) is 0 Å². The van der Waals surface area contributed by atoms with Gasteiger partial charge in [-0.3, -0.25) is 4.98 Å². The molecule has 140 valence electrons. The number of hydrogen-bond acceptors (Lipinski definition) is 2. The summed E-state index contributed by atoms with van der Waals surface area (Å²) in [4.78, 5) is 4.53. The first-order valence-electron chi connectivity index (χ1n) is 9.19. The molecule has 0 atom stereocenters. The van der Waals surface area contributed by atoms with Gasteiger partial charge in [-0.25, -0.2) is 0 Å². The molecule has 2 nitrogen and oxygen atoms in total. The normalized spacial score (nSPS) is 13.9. The lowest BCUT2D eigenvalue weighted by Gasteiger charge is -2.10. The van der Waals surface area contributed by atoms with Crippen LogP contribution in [-0.4, -0.2) is 4.98 Å². The van der Waals surface area contributed by atoms with Gasteiger partial charge in [0, 0.05) is 27.2 Å². The minimum atomic E-state index is 0.389. The lowest BCUT2D eigenvalue weighted by atomic mass is 10.0. The third-order valence-electron chi connectivity index (χ3n) is 4.63. The second-order valence-corrected chi connectivity index (χ2v) is 7.46. The van der Waals surface area contributed by atoms with Crippen molar-refractivity contribution in [1.29, 1.82) is 0 Å². The average Bonchev–Trinajstić information content (AvgIpc) is 2.72. The van der Waals surface area contributed by atoms with E-state index in [0.29, 0.717) is 16.7 Å². The van der Waals surface area contributed by atoms with Gasteiger partial charge in [0.05, 0.1) is 5.69 Å². The molecule has 0 fully saturated rings. The fourth-order valence-electron chi connectivity index (χ4n) is 3.13. The molecule has 4 heteroatoms. The van der Waals surface area contributed by atoms with Crippen LogP contribution >= 0.6 is 23.2 Å². The van der Waals surface area contributed by atoms with Crippen molar-refractivity contribution in [1.82, 2.24) is 4.98 Å². The minimum Gasteiger partial charge on any atom is -0.489 e. The second kappa shape index (κ2) is 8.64. The smallest absolute Gasteiger partial charge is 0.120 e. The molecule has 0 aliphatic heterocycles. The number of fused-ring (bicyclic) bond motifs is 1. The zero-order valence-electron chi connectivity index (χ0n) is 15.2. The summed E-state index contributed by atoms with van der Waals surface area (Å²) in [6.45, 7) is 0.389. The van der Waals surface area contributed by atoms with Gasteiger partial charge in [0.25, 0.3) is 0 Å². The molecule has 0 saturated carbocycles. The Bertz CT molecular complexity index is 1100. The number of benzene rings is 2. The number of ether oxygens (including phenoxy) is 1. The van der Waals surface area contributed by atoms with Crippen molar-refractivity contribution in [2.75, 3.05) is 0 Å². The van der Waals surface area contributed by atoms with E-state index in [1.807, 2.05) is 42.6 Å². The predicted octanol–water partition coefficient (Wildman–Crippen LogP) is 7.41. The highest BCUT2D eigenvalue weighted by Crippen LogP contribution is 2.26. The maximum Gasteiger partial charge on any atom is 0.120 e. The average molecular weight is 408 g/mol. The van der Waals surface area contributed by atoms with Crippen molar-refractivity contribution < 1.29 is 4.74 Å². The van der Waals surface area contributed by atoms with E-state index in [4.69, 9.17) is 27.9 Å². The summed E-state index contributed by atoms with van der Waals surface area (Å²) in [5.41, 5.74) is 3.08. The molecule has 0 unspecified atom stereocenters. The van der Waals surface area contributed by atoms with E-state index in [1.165, 1.54) is 5.57 Å². The Labute approximate surface area is 174 Å². The Morgan fingerprint density at radius 2 is 1.93 bits per heavy atom. The lowest BCUT2D eigenvalue weighted by molar-refractivity contribution is 0.307. The first-order chi connectivity index (χ1) is 13.7. The maximum atomic E-state index is 6.22. The van der Waals surface area contributed by atoms with E-state index in [9.17, 15) is 0 Å². The molecular formula is C24H19Cl2NO. The molecule has 28 heavy (non-hydrogen) atoms. The molecule has 1 heterocycles. The summed E-state index contributed by atoms with van der Waals surface area (Å²) >= 11 is 12.2. The van der Waals surface area contributed by atoms with Gasteiger partial charge >= 0.3 is 0 Å². The summed E-state index contributed by atoms with van der Waals surface area (Å²) in [7, 11) is 0. The van der Waals surface area contributed by atoms with Gasteiger partial charge in [-0.05, 0) is 66.3 Å². The number of nitrogens with zero attached hydrogens (tertiary/aromatic N) is 1. The van der Waals surface area contributed by atoms with Crippen molar-refractivity contribution in [3.05, 3.63) is 99.8 Å². The molecule has 0 N–H and O–H groups in total. The SMILES string of the molecule is Clc1ccc(COc2ccc3c(C=CC4=CCCC=C4)nccc3c2)c(Cl)c1. The van der Waals surface area contributed by atoms with Crippen molar-refractivity contribution >= 4 is 40.1 Å². The van der Waals surface area contributed by atoms with Crippen LogP contribution in [0.25, 0.3) is 16.8 Å². The standard InChI is InChI=1S/C24H19Cl2NO/c25-20-8-7-19(23(26)15-20)16-28-21-9-10-22-18(14-21)12-13-27-24(22)11-6-17-4-2-1-3-5-17/h2,4-15H,1,3,16H2. The Kier molecular flexibility index (Phi) is 5.80. The summed E-state index contributed by atoms with van der Waals surface area (Å²) in [5.74, 6) is 0.789. The quantitative estimate of drug-likeness (QED) is 0.439. The first kappa shape index (κ1) is 18.8. The topological polar surface area (TPSA) is 22.1 Å². The predicted molar refractivity (Wildman–Crippen MR) is 118 cm³/mol. The second-order valence-electron chi connectivity index (χ2n) is 6.62. The van der Waals surface area contributed by atoms with Gasteiger partial charge in [-0.2, -0.15) is 0 Å². The summed E-state index contributed by atoms with van der Waals surface area (Å²) < 4.78 is 5.93. The van der Waals surface area contributed by atoms with Gasteiger partial charge in [-0.15, -0.1) is 0 Å². The lowest BCUT2D eigenvalue weighted by Crippen LogP contribution is -1.96. The molecule has 0 saturated heterocycles. The van der Waals surface area contributed by atoms with Crippen LogP contribution in [0.3, 0.4) is 0 Å². The Balaban J connectivity index is 1.53. The highest BCUT2D eigenvalue weighted by molar-refractivity contribution is 6.35. The van der Waals surface area contributed by atoms with Gasteiger partial charge in [0.2, 0.25) is 0 Å². The van der Waals surface area contributed by atoms with Crippen LogP contribution in [-0.2, 0) is 6.61 Å². The van der Waals surface area contributed by atoms with Crippen molar-refractivity contribution in [2.45, 2.75) is 19.4 Å². The van der Waals surface area contributed by atoms with E-state index < -0.39 is 0 Å². The number of rotatable bonds is 5. The fourth-order valence-corrected chi connectivity index (χ4v) is 3.60. The number of halogens is 2. The van der Waals surface area contributed by atoms with Crippen molar-refractivity contribution in [2.24, 2.45) is 0 Å². The molecule has 1 aromatic heterocycles. The molecule has 0 amide bonds. The molecule has 4 rings (SSSR count).